The van der Waals surface area contributed by atoms with Crippen LogP contribution in [-0.4, -0.2) is 11.4 Å². The van der Waals surface area contributed by atoms with Gasteiger partial charge in [-0.25, -0.2) is 0 Å². The first-order valence-corrected chi connectivity index (χ1v) is 8.09. The molecular weight excluding hydrogens is 292 g/mol. The minimum atomic E-state index is 0.760. The van der Waals surface area contributed by atoms with Gasteiger partial charge in [0, 0.05) is 6.42 Å². The largest absolute Gasteiger partial charge is 0.155 e. The first-order chi connectivity index (χ1) is 11.8. The lowest BCUT2D eigenvalue weighted by Crippen LogP contribution is -2.05. The van der Waals surface area contributed by atoms with Crippen molar-refractivity contribution in [2.24, 2.45) is 10.2 Å². The highest BCUT2D eigenvalue weighted by Gasteiger charge is 2.05. The van der Waals surface area contributed by atoms with Crippen LogP contribution in [0.5, 0.6) is 0 Å². The molecule has 3 aromatic carbocycles. The van der Waals surface area contributed by atoms with E-state index in [9.17, 15) is 0 Å². The van der Waals surface area contributed by atoms with Gasteiger partial charge >= 0.3 is 0 Å². The Kier molecular flexibility index (Phi) is 5.31. The second-order valence-corrected chi connectivity index (χ2v) is 5.63. The average molecular weight is 312 g/mol. The highest BCUT2D eigenvalue weighted by Crippen LogP contribution is 2.10. The van der Waals surface area contributed by atoms with Crippen molar-refractivity contribution in [1.29, 1.82) is 0 Å². The predicted molar refractivity (Wildman–Crippen MR) is 102 cm³/mol. The smallest absolute Gasteiger partial charge is 0.0746 e. The fourth-order valence-corrected chi connectivity index (χ4v) is 2.49. The van der Waals surface area contributed by atoms with Gasteiger partial charge in [-0.2, -0.15) is 10.2 Å². The van der Waals surface area contributed by atoms with Gasteiger partial charge in [0.1, 0.15) is 0 Å². The number of benzene rings is 3. The van der Waals surface area contributed by atoms with Crippen LogP contribution < -0.4 is 0 Å². The Balaban J connectivity index is 1.92. The Hall–Kier alpha value is -3.00. The molecule has 0 atom stereocenters. The van der Waals surface area contributed by atoms with E-state index in [1.54, 1.807) is 0 Å². The lowest BCUT2D eigenvalue weighted by molar-refractivity contribution is 1.18. The molecule has 0 N–H and O–H groups in total. The van der Waals surface area contributed by atoms with Gasteiger partial charge in [-0.05, 0) is 23.6 Å². The third-order valence-electron chi connectivity index (χ3n) is 3.83. The van der Waals surface area contributed by atoms with Crippen molar-refractivity contribution in [3.05, 3.63) is 108 Å². The summed E-state index contributed by atoms with van der Waals surface area (Å²) in [6.07, 6.45) is 0.760. The van der Waals surface area contributed by atoms with Gasteiger partial charge in [0.2, 0.25) is 0 Å². The molecule has 0 saturated heterocycles. The Morgan fingerprint density at radius 1 is 0.625 bits per heavy atom. The van der Waals surface area contributed by atoms with E-state index in [1.165, 1.54) is 5.56 Å². The molecule has 0 aliphatic rings. The van der Waals surface area contributed by atoms with Gasteiger partial charge in [0.15, 0.2) is 0 Å². The molecule has 0 amide bonds. The molecule has 0 aliphatic heterocycles. The summed E-state index contributed by atoms with van der Waals surface area (Å²) < 4.78 is 0. The minimum absolute atomic E-state index is 0.760. The van der Waals surface area contributed by atoms with Crippen LogP contribution in [0, 0.1) is 0 Å². The van der Waals surface area contributed by atoms with Crippen molar-refractivity contribution >= 4 is 11.4 Å². The van der Waals surface area contributed by atoms with E-state index in [4.69, 9.17) is 0 Å². The van der Waals surface area contributed by atoms with Crippen molar-refractivity contribution in [1.82, 2.24) is 0 Å². The van der Waals surface area contributed by atoms with Crippen LogP contribution in [0.4, 0.5) is 0 Å². The highest BCUT2D eigenvalue weighted by atomic mass is 15.2. The zero-order valence-electron chi connectivity index (χ0n) is 13.8. The van der Waals surface area contributed by atoms with Crippen molar-refractivity contribution in [2.45, 2.75) is 13.3 Å². The molecule has 0 heterocycles. The molecule has 3 rings (SSSR count). The van der Waals surface area contributed by atoms with Crippen LogP contribution in [0.2, 0.25) is 0 Å². The van der Waals surface area contributed by atoms with E-state index in [-0.39, 0.29) is 0 Å². The summed E-state index contributed by atoms with van der Waals surface area (Å²) in [5, 5.41) is 9.04. The average Bonchev–Trinajstić information content (AvgIpc) is 2.67. The summed E-state index contributed by atoms with van der Waals surface area (Å²) in [6, 6.07) is 30.7. The Labute approximate surface area is 143 Å². The summed E-state index contributed by atoms with van der Waals surface area (Å²) in [5.74, 6) is 0. The zero-order valence-corrected chi connectivity index (χ0v) is 13.8. The Morgan fingerprint density at radius 3 is 1.71 bits per heavy atom. The summed E-state index contributed by atoms with van der Waals surface area (Å²) >= 11 is 0. The molecule has 2 heteroatoms. The number of rotatable bonds is 5. The first kappa shape index (κ1) is 15.9. The van der Waals surface area contributed by atoms with Crippen LogP contribution in [0.15, 0.2) is 101 Å². The lowest BCUT2D eigenvalue weighted by Gasteiger charge is -2.06. The SMILES string of the molecule is C/C(=N/N=C(\Cc1ccccc1)c1ccccc1)c1ccccc1. The van der Waals surface area contributed by atoms with Gasteiger partial charge in [0.05, 0.1) is 11.4 Å². The number of hydrogen-bond donors (Lipinski definition) is 0. The van der Waals surface area contributed by atoms with Crippen LogP contribution >= 0.6 is 0 Å². The summed E-state index contributed by atoms with van der Waals surface area (Å²) in [7, 11) is 0. The molecule has 0 aromatic heterocycles. The predicted octanol–water partition coefficient (Wildman–Crippen LogP) is 5.14. The third-order valence-corrected chi connectivity index (χ3v) is 3.83. The summed E-state index contributed by atoms with van der Waals surface area (Å²) in [6.45, 7) is 1.99. The first-order valence-electron chi connectivity index (χ1n) is 8.09. The van der Waals surface area contributed by atoms with Gasteiger partial charge in [0.25, 0.3) is 0 Å². The maximum atomic E-state index is 4.57. The van der Waals surface area contributed by atoms with Crippen LogP contribution in [0.1, 0.15) is 23.6 Å². The fourth-order valence-electron chi connectivity index (χ4n) is 2.49. The topological polar surface area (TPSA) is 24.7 Å². The second kappa shape index (κ2) is 8.02. The number of nitrogens with zero attached hydrogens (tertiary/aromatic N) is 2. The van der Waals surface area contributed by atoms with Gasteiger partial charge in [-0.15, -0.1) is 0 Å². The molecule has 0 aliphatic carbocycles. The van der Waals surface area contributed by atoms with E-state index in [0.717, 1.165) is 29.0 Å². The maximum absolute atomic E-state index is 4.57. The standard InChI is InChI=1S/C22H20N2/c1-18(20-13-7-3-8-14-20)23-24-22(21-15-9-4-10-16-21)17-19-11-5-2-6-12-19/h2-16H,17H2,1H3/b23-18-,24-22+. The van der Waals surface area contributed by atoms with E-state index in [1.807, 2.05) is 61.5 Å². The van der Waals surface area contributed by atoms with Crippen molar-refractivity contribution in [2.75, 3.05) is 0 Å². The summed E-state index contributed by atoms with van der Waals surface area (Å²) in [5.41, 5.74) is 5.31. The fraction of sp³-hybridized carbons (Fsp3) is 0.0909. The molecule has 0 bridgehead atoms. The second-order valence-electron chi connectivity index (χ2n) is 5.63. The molecule has 0 spiro atoms. The van der Waals surface area contributed by atoms with Crippen LogP contribution in [0.25, 0.3) is 0 Å². The van der Waals surface area contributed by atoms with Crippen molar-refractivity contribution < 1.29 is 0 Å². The molecule has 3 aromatic rings. The lowest BCUT2D eigenvalue weighted by atomic mass is 10.0. The molecule has 0 saturated carbocycles. The van der Waals surface area contributed by atoms with Gasteiger partial charge < -0.3 is 0 Å². The zero-order chi connectivity index (χ0) is 16.6. The minimum Gasteiger partial charge on any atom is -0.155 e. The molecule has 0 radical (unpaired) electrons. The Bertz CT molecular complexity index is 820. The molecule has 24 heavy (non-hydrogen) atoms. The maximum Gasteiger partial charge on any atom is 0.0746 e. The normalized spacial score (nSPS) is 12.2. The molecule has 118 valence electrons. The van der Waals surface area contributed by atoms with Crippen molar-refractivity contribution in [3.8, 4) is 0 Å². The monoisotopic (exact) mass is 312 g/mol. The molecule has 0 fully saturated rings. The van der Waals surface area contributed by atoms with Gasteiger partial charge in [-0.3, -0.25) is 0 Å². The van der Waals surface area contributed by atoms with Crippen LogP contribution in [0.3, 0.4) is 0 Å². The van der Waals surface area contributed by atoms with E-state index in [0.29, 0.717) is 0 Å². The van der Waals surface area contributed by atoms with E-state index >= 15 is 0 Å². The summed E-state index contributed by atoms with van der Waals surface area (Å²) in [4.78, 5) is 0. The van der Waals surface area contributed by atoms with Gasteiger partial charge in [-0.1, -0.05) is 91.0 Å². The molecule has 0 unspecified atom stereocenters. The van der Waals surface area contributed by atoms with Crippen molar-refractivity contribution in [3.63, 3.8) is 0 Å². The molecule has 2 nitrogen and oxygen atoms in total. The highest BCUT2D eigenvalue weighted by molar-refractivity contribution is 6.03. The number of hydrogen-bond acceptors (Lipinski definition) is 2. The van der Waals surface area contributed by atoms with Crippen LogP contribution in [-0.2, 0) is 6.42 Å². The molecular formula is C22H20N2. The van der Waals surface area contributed by atoms with E-state index < -0.39 is 0 Å². The third kappa shape index (κ3) is 4.26. The van der Waals surface area contributed by atoms with E-state index in [2.05, 4.69) is 46.6 Å². The Morgan fingerprint density at radius 2 is 1.12 bits per heavy atom. The quantitative estimate of drug-likeness (QED) is 0.460.